The molecule has 0 radical (unpaired) electrons. The quantitative estimate of drug-likeness (QED) is 0.529. The molecule has 0 aliphatic heterocycles. The van der Waals surface area contributed by atoms with Crippen molar-refractivity contribution < 1.29 is 9.72 Å². The van der Waals surface area contributed by atoms with Crippen LogP contribution in [-0.2, 0) is 0 Å². The average Bonchev–Trinajstić information content (AvgIpc) is 2.85. The third kappa shape index (κ3) is 3.53. The second-order valence-corrected chi connectivity index (χ2v) is 5.92. The molecule has 0 saturated carbocycles. The molecule has 0 bridgehead atoms. The van der Waals surface area contributed by atoms with E-state index in [1.165, 1.54) is 11.3 Å². The van der Waals surface area contributed by atoms with Gasteiger partial charge in [-0.3, -0.25) is 14.9 Å². The zero-order chi connectivity index (χ0) is 15.6. The fraction of sp³-hybridized carbons (Fsp3) is 0.250. The number of thiazole rings is 1. The molecule has 7 nitrogen and oxygen atoms in total. The maximum absolute atomic E-state index is 12.1. The Hall–Kier alpha value is -2.06. The van der Waals surface area contributed by atoms with Gasteiger partial charge in [0.25, 0.3) is 11.6 Å². The molecule has 0 spiro atoms. The van der Waals surface area contributed by atoms with E-state index < -0.39 is 10.8 Å². The molecule has 110 valence electrons. The molecule has 2 heterocycles. The zero-order valence-corrected chi connectivity index (χ0v) is 12.7. The van der Waals surface area contributed by atoms with Gasteiger partial charge in [0.1, 0.15) is 16.4 Å². The van der Waals surface area contributed by atoms with Crippen molar-refractivity contribution in [1.29, 1.82) is 0 Å². The Kier molecular flexibility index (Phi) is 4.49. The van der Waals surface area contributed by atoms with Gasteiger partial charge in [-0.2, -0.15) is 0 Å². The minimum Gasteiger partial charge on any atom is -0.343 e. The maximum Gasteiger partial charge on any atom is 0.288 e. The molecule has 9 heteroatoms. The minimum atomic E-state index is -0.631. The number of hydrogen-bond acceptors (Lipinski definition) is 6. The summed E-state index contributed by atoms with van der Waals surface area (Å²) in [4.78, 5) is 31.1. The fourth-order valence-corrected chi connectivity index (χ4v) is 2.57. The van der Waals surface area contributed by atoms with Gasteiger partial charge >= 0.3 is 0 Å². The summed E-state index contributed by atoms with van der Waals surface area (Å²) in [7, 11) is 0. The zero-order valence-electron chi connectivity index (χ0n) is 11.2. The van der Waals surface area contributed by atoms with Gasteiger partial charge < -0.3 is 5.32 Å². The lowest BCUT2D eigenvalue weighted by Gasteiger charge is -2.11. The number of nitrogens with one attached hydrogen (secondary N) is 1. The van der Waals surface area contributed by atoms with Gasteiger partial charge in [0.05, 0.1) is 16.5 Å². The Morgan fingerprint density at radius 1 is 1.48 bits per heavy atom. The van der Waals surface area contributed by atoms with E-state index in [-0.39, 0.29) is 22.4 Å². The van der Waals surface area contributed by atoms with E-state index in [1.807, 2.05) is 6.92 Å². The van der Waals surface area contributed by atoms with Gasteiger partial charge in [-0.15, -0.1) is 11.3 Å². The number of carbonyl (C=O) groups is 1. The average molecular weight is 327 g/mol. The molecular formula is C12H11ClN4O3S. The van der Waals surface area contributed by atoms with Crippen LogP contribution in [0.25, 0.3) is 0 Å². The molecule has 1 N–H and O–H groups in total. The van der Waals surface area contributed by atoms with E-state index in [9.17, 15) is 14.9 Å². The molecule has 21 heavy (non-hydrogen) atoms. The first-order valence-electron chi connectivity index (χ1n) is 5.91. The summed E-state index contributed by atoms with van der Waals surface area (Å²) in [6.45, 7) is 3.69. The maximum atomic E-state index is 12.1. The van der Waals surface area contributed by atoms with Gasteiger partial charge in [0.15, 0.2) is 0 Å². The van der Waals surface area contributed by atoms with Crippen molar-refractivity contribution in [2.75, 3.05) is 0 Å². The number of hydrogen-bond donors (Lipinski definition) is 1. The number of rotatable bonds is 4. The van der Waals surface area contributed by atoms with Gasteiger partial charge in [-0.25, -0.2) is 9.97 Å². The summed E-state index contributed by atoms with van der Waals surface area (Å²) in [6, 6.07) is 0.774. The van der Waals surface area contributed by atoms with Crippen LogP contribution in [0.15, 0.2) is 18.5 Å². The van der Waals surface area contributed by atoms with Crippen molar-refractivity contribution in [3.8, 4) is 0 Å². The Morgan fingerprint density at radius 3 is 2.76 bits per heavy atom. The molecular weight excluding hydrogens is 316 g/mol. The normalized spacial score (nSPS) is 12.0. The number of nitrogens with zero attached hydrogens (tertiary/aromatic N) is 3. The second-order valence-electron chi connectivity index (χ2n) is 4.29. The van der Waals surface area contributed by atoms with Gasteiger partial charge in [0.2, 0.25) is 0 Å². The van der Waals surface area contributed by atoms with Crippen molar-refractivity contribution in [2.24, 2.45) is 0 Å². The number of halogens is 1. The number of pyridine rings is 1. The summed E-state index contributed by atoms with van der Waals surface area (Å²) < 4.78 is 0. The number of aryl methyl sites for hydroxylation is 1. The van der Waals surface area contributed by atoms with Gasteiger partial charge in [-0.05, 0) is 13.8 Å². The first-order valence-corrected chi connectivity index (χ1v) is 7.11. The molecule has 0 fully saturated rings. The van der Waals surface area contributed by atoms with E-state index in [0.717, 1.165) is 22.1 Å². The van der Waals surface area contributed by atoms with Gasteiger partial charge in [-0.1, -0.05) is 11.6 Å². The second kappa shape index (κ2) is 6.15. The lowest BCUT2D eigenvalue weighted by Crippen LogP contribution is -2.27. The van der Waals surface area contributed by atoms with Crippen LogP contribution in [-0.4, -0.2) is 20.8 Å². The highest BCUT2D eigenvalue weighted by Gasteiger charge is 2.20. The molecule has 2 rings (SSSR count). The van der Waals surface area contributed by atoms with E-state index in [2.05, 4.69) is 15.3 Å². The highest BCUT2D eigenvalue weighted by Crippen LogP contribution is 2.22. The molecule has 1 atom stereocenters. The molecule has 1 amide bonds. The summed E-state index contributed by atoms with van der Waals surface area (Å²) in [5.41, 5.74) is -0.326. The lowest BCUT2D eigenvalue weighted by atomic mass is 10.2. The van der Waals surface area contributed by atoms with Crippen LogP contribution in [0.5, 0.6) is 0 Å². The minimum absolute atomic E-state index is 0.0361. The Balaban J connectivity index is 2.20. The van der Waals surface area contributed by atoms with Crippen LogP contribution in [0, 0.1) is 17.0 Å². The summed E-state index contributed by atoms with van der Waals surface area (Å²) in [6.07, 6.45) is 2.72. The van der Waals surface area contributed by atoms with E-state index in [0.29, 0.717) is 0 Å². The van der Waals surface area contributed by atoms with E-state index in [4.69, 9.17) is 11.6 Å². The Labute approximate surface area is 129 Å². The molecule has 0 saturated heterocycles. The number of carbonyl (C=O) groups excluding carboxylic acids is 1. The molecule has 0 aromatic carbocycles. The predicted octanol–water partition coefficient (Wildman–Crippen LogP) is 2.90. The molecule has 2 aromatic heterocycles. The van der Waals surface area contributed by atoms with E-state index >= 15 is 0 Å². The molecule has 0 aliphatic carbocycles. The van der Waals surface area contributed by atoms with Crippen molar-refractivity contribution >= 4 is 34.5 Å². The van der Waals surface area contributed by atoms with Crippen LogP contribution in [0.4, 0.5) is 5.69 Å². The summed E-state index contributed by atoms with van der Waals surface area (Å²) >= 11 is 7.28. The van der Waals surface area contributed by atoms with Crippen LogP contribution in [0.1, 0.15) is 33.2 Å². The first kappa shape index (κ1) is 15.3. The fourth-order valence-electron chi connectivity index (χ4n) is 1.60. The first-order chi connectivity index (χ1) is 9.88. The molecule has 1 unspecified atom stereocenters. The topological polar surface area (TPSA) is 98.0 Å². The summed E-state index contributed by atoms with van der Waals surface area (Å²) in [5, 5.41) is 14.1. The van der Waals surface area contributed by atoms with Crippen molar-refractivity contribution in [1.82, 2.24) is 15.3 Å². The van der Waals surface area contributed by atoms with Crippen LogP contribution in [0.3, 0.4) is 0 Å². The van der Waals surface area contributed by atoms with Crippen molar-refractivity contribution in [3.63, 3.8) is 0 Å². The standard InChI is InChI=1S/C12H11ClN4O3S/c1-6-4-15-12(21-6)7(2)16-11(18)9-3-8(17(19)20)5-14-10(9)13/h3-5,7H,1-2H3,(H,16,18). The predicted molar refractivity (Wildman–Crippen MR) is 78.6 cm³/mol. The highest BCUT2D eigenvalue weighted by molar-refractivity contribution is 7.11. The summed E-state index contributed by atoms with van der Waals surface area (Å²) in [5.74, 6) is -0.531. The lowest BCUT2D eigenvalue weighted by molar-refractivity contribution is -0.385. The highest BCUT2D eigenvalue weighted by atomic mass is 35.5. The Morgan fingerprint density at radius 2 is 2.19 bits per heavy atom. The Bertz CT molecular complexity index is 704. The smallest absolute Gasteiger partial charge is 0.288 e. The van der Waals surface area contributed by atoms with Crippen molar-refractivity contribution in [2.45, 2.75) is 19.9 Å². The van der Waals surface area contributed by atoms with Crippen molar-refractivity contribution in [3.05, 3.63) is 49.2 Å². The number of amides is 1. The monoisotopic (exact) mass is 326 g/mol. The number of aromatic nitrogens is 2. The largest absolute Gasteiger partial charge is 0.343 e. The molecule has 2 aromatic rings. The number of nitro groups is 1. The third-order valence-electron chi connectivity index (χ3n) is 2.64. The third-order valence-corrected chi connectivity index (χ3v) is 4.03. The van der Waals surface area contributed by atoms with Gasteiger partial charge in [0, 0.05) is 17.1 Å². The SMILES string of the molecule is Cc1cnc(C(C)NC(=O)c2cc([N+](=O)[O-])cnc2Cl)s1. The van der Waals surface area contributed by atoms with Crippen LogP contribution >= 0.6 is 22.9 Å². The van der Waals surface area contributed by atoms with E-state index in [1.54, 1.807) is 13.1 Å². The van der Waals surface area contributed by atoms with Crippen LogP contribution in [0.2, 0.25) is 5.15 Å². The molecule has 0 aliphatic rings. The van der Waals surface area contributed by atoms with Crippen LogP contribution < -0.4 is 5.32 Å².